The summed E-state index contributed by atoms with van der Waals surface area (Å²) < 4.78 is 26.0. The van der Waals surface area contributed by atoms with E-state index in [0.29, 0.717) is 34.9 Å². The number of piperidine rings is 2. The van der Waals surface area contributed by atoms with Gasteiger partial charge in [0.05, 0.1) is 32.0 Å². The van der Waals surface area contributed by atoms with Gasteiger partial charge in [0.15, 0.2) is 17.4 Å². The number of nitrogens with one attached hydrogen (secondary N) is 1. The Morgan fingerprint density at radius 2 is 1.86 bits per heavy atom. The van der Waals surface area contributed by atoms with E-state index >= 15 is 4.39 Å². The number of ether oxygens (including phenoxy) is 2. The van der Waals surface area contributed by atoms with Crippen LogP contribution in [0.25, 0.3) is 22.5 Å². The third-order valence-corrected chi connectivity index (χ3v) is 7.71. The summed E-state index contributed by atoms with van der Waals surface area (Å²) in [5, 5.41) is 23.0. The number of aromatic nitrogens is 4. The zero-order valence-corrected chi connectivity index (χ0v) is 21.0. The molecule has 1 saturated carbocycles. The Hall–Kier alpha value is -3.53. The molecule has 1 aromatic carbocycles. The van der Waals surface area contributed by atoms with Crippen LogP contribution < -0.4 is 19.7 Å². The van der Waals surface area contributed by atoms with Crippen molar-refractivity contribution in [2.45, 2.75) is 68.9 Å². The molecule has 0 unspecified atom stereocenters. The maximum Gasteiger partial charge on any atom is 0.256 e. The van der Waals surface area contributed by atoms with Gasteiger partial charge in [-0.1, -0.05) is 12.5 Å². The van der Waals surface area contributed by atoms with Gasteiger partial charge in [-0.15, -0.1) is 10.2 Å². The molecule has 194 valence electrons. The number of hydrogen-bond donors (Lipinski definition) is 2. The zero-order valence-electron chi connectivity index (χ0n) is 21.0. The van der Waals surface area contributed by atoms with Gasteiger partial charge >= 0.3 is 0 Å². The number of halogens is 1. The van der Waals surface area contributed by atoms with Crippen LogP contribution in [-0.4, -0.2) is 69.8 Å². The van der Waals surface area contributed by atoms with Gasteiger partial charge in [-0.3, -0.25) is 0 Å². The second-order valence-electron chi connectivity index (χ2n) is 10.1. The molecule has 3 aliphatic rings. The molecule has 9 nitrogen and oxygen atoms in total. The number of alkyl halides is 1. The van der Waals surface area contributed by atoms with Crippen molar-refractivity contribution in [1.82, 2.24) is 25.5 Å². The molecule has 4 heterocycles. The van der Waals surface area contributed by atoms with Crippen LogP contribution in [0.1, 0.15) is 38.5 Å². The Balaban J connectivity index is 1.25. The maximum absolute atomic E-state index is 15.5. The summed E-state index contributed by atoms with van der Waals surface area (Å²) in [6.45, 7) is 0. The first-order chi connectivity index (χ1) is 18.1. The zero-order chi connectivity index (χ0) is 25.5. The van der Waals surface area contributed by atoms with Gasteiger partial charge in [0.2, 0.25) is 0 Å². The van der Waals surface area contributed by atoms with Crippen molar-refractivity contribution in [2.75, 3.05) is 19.1 Å². The number of fused-ring (bicyclic) bond motifs is 2. The quantitative estimate of drug-likeness (QED) is 0.493. The van der Waals surface area contributed by atoms with E-state index in [1.54, 1.807) is 37.7 Å². The maximum atomic E-state index is 15.5. The molecule has 0 amide bonds. The first-order valence-corrected chi connectivity index (χ1v) is 12.9. The lowest BCUT2D eigenvalue weighted by atomic mass is 9.82. The molecule has 37 heavy (non-hydrogen) atoms. The van der Waals surface area contributed by atoms with Gasteiger partial charge in [0.1, 0.15) is 11.9 Å². The topological polar surface area (TPSA) is 106 Å². The number of nitrogens with zero attached hydrogens (tertiary/aromatic N) is 5. The molecule has 2 aromatic heterocycles. The van der Waals surface area contributed by atoms with E-state index in [0.717, 1.165) is 49.7 Å². The van der Waals surface area contributed by atoms with Crippen molar-refractivity contribution in [2.24, 2.45) is 0 Å². The van der Waals surface area contributed by atoms with Crippen molar-refractivity contribution in [3.05, 3.63) is 36.7 Å². The van der Waals surface area contributed by atoms with Crippen LogP contribution in [0.5, 0.6) is 17.4 Å². The number of anilines is 1. The molecule has 2 aliphatic heterocycles. The first kappa shape index (κ1) is 23.8. The van der Waals surface area contributed by atoms with Gasteiger partial charge in [0, 0.05) is 29.9 Å². The number of phenolic OH excluding ortho intramolecular Hbond substituents is 1. The van der Waals surface area contributed by atoms with E-state index in [1.165, 1.54) is 7.11 Å². The summed E-state index contributed by atoms with van der Waals surface area (Å²) in [6.07, 6.45) is 8.26. The fraction of sp³-hybridized carbons (Fsp3) is 0.481. The van der Waals surface area contributed by atoms with Crippen molar-refractivity contribution >= 4 is 5.82 Å². The Morgan fingerprint density at radius 3 is 2.57 bits per heavy atom. The highest BCUT2D eigenvalue weighted by molar-refractivity contribution is 5.73. The summed E-state index contributed by atoms with van der Waals surface area (Å²) in [6, 6.07) is 7.37. The normalized spacial score (nSPS) is 24.9. The first-order valence-electron chi connectivity index (χ1n) is 12.9. The molecule has 0 spiro atoms. The molecule has 6 rings (SSSR count). The van der Waals surface area contributed by atoms with Crippen LogP contribution in [0.4, 0.5) is 10.2 Å². The highest BCUT2D eigenvalue weighted by atomic mass is 19.1. The smallest absolute Gasteiger partial charge is 0.256 e. The van der Waals surface area contributed by atoms with Crippen molar-refractivity contribution < 1.29 is 19.0 Å². The Labute approximate surface area is 215 Å². The minimum atomic E-state index is -0.943. The minimum Gasteiger partial charge on any atom is -0.507 e. The number of benzene rings is 1. The molecular formula is C27H31FN6O3. The Morgan fingerprint density at radius 1 is 1.00 bits per heavy atom. The van der Waals surface area contributed by atoms with Crippen LogP contribution in [-0.2, 0) is 0 Å². The standard InChI is InChI=1S/C27H31FN6O3/c1-36-23-11-16(13-30-27(23)37-2)15-6-9-19(22(35)10-15)26-29-14-24(32-33-26)34(18-7-8-18)21-12-17-4-3-5-20(31-17)25(21)28/h6,9-11,13-14,17-18,20-21,25,31,35H,3-5,7-8,12H2,1-2H3/t17-,20+,21-,25+/m1/s1. The highest BCUT2D eigenvalue weighted by Gasteiger charge is 2.46. The molecule has 3 aromatic rings. The van der Waals surface area contributed by atoms with Crippen molar-refractivity contribution in [1.29, 1.82) is 0 Å². The van der Waals surface area contributed by atoms with E-state index in [9.17, 15) is 5.11 Å². The second kappa shape index (κ2) is 9.74. The van der Waals surface area contributed by atoms with E-state index in [4.69, 9.17) is 9.47 Å². The fourth-order valence-corrected chi connectivity index (χ4v) is 5.73. The molecule has 2 N–H and O–H groups in total. The average Bonchev–Trinajstić information content (AvgIpc) is 3.77. The largest absolute Gasteiger partial charge is 0.507 e. The summed E-state index contributed by atoms with van der Waals surface area (Å²) >= 11 is 0. The molecule has 4 atom stereocenters. The van der Waals surface area contributed by atoms with Gasteiger partial charge in [-0.25, -0.2) is 14.4 Å². The number of rotatable bonds is 7. The minimum absolute atomic E-state index is 0.0240. The third kappa shape index (κ3) is 4.54. The van der Waals surface area contributed by atoms with Gasteiger partial charge in [-0.2, -0.15) is 0 Å². The van der Waals surface area contributed by atoms with Gasteiger partial charge < -0.3 is 24.8 Å². The highest BCUT2D eigenvalue weighted by Crippen LogP contribution is 2.40. The lowest BCUT2D eigenvalue weighted by molar-refractivity contribution is 0.104. The predicted octanol–water partition coefficient (Wildman–Crippen LogP) is 3.91. The van der Waals surface area contributed by atoms with Crippen LogP contribution in [0.15, 0.2) is 36.7 Å². The molecule has 2 saturated heterocycles. The number of phenols is 1. The number of pyridine rings is 1. The number of hydrogen-bond acceptors (Lipinski definition) is 9. The number of methoxy groups -OCH3 is 2. The van der Waals surface area contributed by atoms with Crippen molar-refractivity contribution in [3.8, 4) is 39.9 Å². The second-order valence-corrected chi connectivity index (χ2v) is 10.1. The molecule has 10 heteroatoms. The number of aromatic hydroxyl groups is 1. The van der Waals surface area contributed by atoms with Gasteiger partial charge in [-0.05, 0) is 55.9 Å². The summed E-state index contributed by atoms with van der Waals surface area (Å²) in [5.74, 6) is 1.83. The van der Waals surface area contributed by atoms with Crippen LogP contribution >= 0.6 is 0 Å². The molecular weight excluding hydrogens is 475 g/mol. The SMILES string of the molecule is COc1cc(-c2ccc(-c3ncc(N(C4CC4)[C@@H]4C[C@H]5CCC[C@H](N5)[C@@H]4F)nn3)c(O)c2)cnc1OC. The van der Waals surface area contributed by atoms with Crippen LogP contribution in [0.3, 0.4) is 0 Å². The molecule has 0 radical (unpaired) electrons. The van der Waals surface area contributed by atoms with E-state index < -0.39 is 6.17 Å². The van der Waals surface area contributed by atoms with E-state index in [2.05, 4.69) is 30.4 Å². The lowest BCUT2D eigenvalue weighted by Gasteiger charge is -2.47. The van der Waals surface area contributed by atoms with E-state index in [-0.39, 0.29) is 23.9 Å². The molecule has 3 fully saturated rings. The summed E-state index contributed by atoms with van der Waals surface area (Å²) in [5.41, 5.74) is 1.99. The van der Waals surface area contributed by atoms with Crippen LogP contribution in [0, 0.1) is 0 Å². The Bertz CT molecular complexity index is 1270. The monoisotopic (exact) mass is 506 g/mol. The summed E-state index contributed by atoms with van der Waals surface area (Å²) in [7, 11) is 3.08. The van der Waals surface area contributed by atoms with Crippen LogP contribution in [0.2, 0.25) is 0 Å². The average molecular weight is 507 g/mol. The molecule has 2 bridgehead atoms. The third-order valence-electron chi connectivity index (χ3n) is 7.71. The van der Waals surface area contributed by atoms with Gasteiger partial charge in [0.25, 0.3) is 5.88 Å². The Kier molecular flexibility index (Phi) is 6.27. The predicted molar refractivity (Wildman–Crippen MR) is 137 cm³/mol. The fourth-order valence-electron chi connectivity index (χ4n) is 5.73. The lowest BCUT2D eigenvalue weighted by Crippen LogP contribution is -2.62. The summed E-state index contributed by atoms with van der Waals surface area (Å²) in [4.78, 5) is 10.9. The van der Waals surface area contributed by atoms with Crippen molar-refractivity contribution in [3.63, 3.8) is 0 Å². The molecule has 1 aliphatic carbocycles. The van der Waals surface area contributed by atoms with E-state index in [1.807, 2.05) is 6.07 Å².